The van der Waals surface area contributed by atoms with Crippen LogP contribution in [0, 0.1) is 5.41 Å². The Labute approximate surface area is 176 Å². The normalized spacial score (nSPS) is 19.3. The molecule has 0 saturated carbocycles. The van der Waals surface area contributed by atoms with Crippen molar-refractivity contribution < 1.29 is 8.42 Å². The molecule has 3 heterocycles. The molecule has 2 fully saturated rings. The molecule has 158 valence electrons. The minimum atomic E-state index is -3.72. The molecule has 2 aliphatic heterocycles. The first-order valence-electron chi connectivity index (χ1n) is 9.92. The number of nitrogens with zero attached hydrogens (tertiary/aromatic N) is 2. The van der Waals surface area contributed by atoms with E-state index in [2.05, 4.69) is 19.9 Å². The molecule has 1 aromatic carbocycles. The zero-order chi connectivity index (χ0) is 20.9. The van der Waals surface area contributed by atoms with E-state index >= 15 is 0 Å². The van der Waals surface area contributed by atoms with E-state index < -0.39 is 15.6 Å². The minimum Gasteiger partial charge on any atom is -0.399 e. The number of nitrogen functional groups attached to an aromatic ring is 1. The van der Waals surface area contributed by atoms with Crippen LogP contribution in [0.25, 0.3) is 10.4 Å². The van der Waals surface area contributed by atoms with Crippen molar-refractivity contribution in [1.82, 2.24) is 15.0 Å². The molecule has 2 aromatic rings. The summed E-state index contributed by atoms with van der Waals surface area (Å²) in [7, 11) is -3.72. The van der Waals surface area contributed by atoms with E-state index in [-0.39, 0.29) is 4.90 Å². The monoisotopic (exact) mass is 435 g/mol. The largest absolute Gasteiger partial charge is 0.399 e. The first kappa shape index (κ1) is 20.6. The summed E-state index contributed by atoms with van der Waals surface area (Å²) >= 11 is 1.54. The van der Waals surface area contributed by atoms with E-state index in [1.54, 1.807) is 18.3 Å². The van der Waals surface area contributed by atoms with Gasteiger partial charge in [0.15, 0.2) is 5.13 Å². The summed E-state index contributed by atoms with van der Waals surface area (Å²) in [6.07, 6.45) is 4.12. The number of nitrogens with two attached hydrogens (primary N) is 1. The van der Waals surface area contributed by atoms with E-state index in [1.807, 2.05) is 20.8 Å². The first-order valence-corrected chi connectivity index (χ1v) is 12.2. The molecule has 29 heavy (non-hydrogen) atoms. The molecule has 7 nitrogen and oxygen atoms in total. The average molecular weight is 436 g/mol. The van der Waals surface area contributed by atoms with Gasteiger partial charge in [-0.05, 0) is 51.2 Å². The average Bonchev–Trinajstić information content (AvgIpc) is 3.08. The Morgan fingerprint density at radius 3 is 2.52 bits per heavy atom. The van der Waals surface area contributed by atoms with Gasteiger partial charge in [-0.25, -0.2) is 18.1 Å². The van der Waals surface area contributed by atoms with Crippen LogP contribution in [0.1, 0.15) is 33.6 Å². The van der Waals surface area contributed by atoms with Gasteiger partial charge in [0.2, 0.25) is 10.0 Å². The highest BCUT2D eigenvalue weighted by Gasteiger charge is 2.40. The van der Waals surface area contributed by atoms with Crippen LogP contribution in [-0.2, 0) is 10.0 Å². The lowest BCUT2D eigenvalue weighted by Crippen LogP contribution is -2.58. The molecule has 2 aliphatic rings. The number of nitrogens with one attached hydrogen (secondary N) is 2. The van der Waals surface area contributed by atoms with E-state index in [0.29, 0.717) is 16.7 Å². The maximum atomic E-state index is 13.0. The highest BCUT2D eigenvalue weighted by molar-refractivity contribution is 7.89. The number of thiazole rings is 1. The molecule has 0 radical (unpaired) electrons. The number of hydrogen-bond donors (Lipinski definition) is 3. The highest BCUT2D eigenvalue weighted by Crippen LogP contribution is 2.40. The summed E-state index contributed by atoms with van der Waals surface area (Å²) in [5, 5.41) is 4.34. The molecule has 4 rings (SSSR count). The topological polar surface area (TPSA) is 100 Å². The van der Waals surface area contributed by atoms with Gasteiger partial charge in [0.1, 0.15) is 0 Å². The number of aromatic nitrogens is 1. The standard InChI is InChI=1S/C20H29N5O2S2/c1-19(2,3)24-29(26,27)17-10-14(21)4-5-15(17)16-11-23-18(28-16)25-8-6-20(7-9-25)12-22-13-20/h4-5,10-11,22,24H,6-9,12-13,21H2,1-3H3. The third-order valence-electron chi connectivity index (χ3n) is 5.59. The molecular weight excluding hydrogens is 406 g/mol. The third kappa shape index (κ3) is 4.28. The summed E-state index contributed by atoms with van der Waals surface area (Å²) in [6.45, 7) is 9.70. The lowest BCUT2D eigenvalue weighted by atomic mass is 9.73. The summed E-state index contributed by atoms with van der Waals surface area (Å²) < 4.78 is 28.8. The zero-order valence-corrected chi connectivity index (χ0v) is 18.8. The second-order valence-electron chi connectivity index (χ2n) is 9.21. The minimum absolute atomic E-state index is 0.195. The Morgan fingerprint density at radius 2 is 1.93 bits per heavy atom. The van der Waals surface area contributed by atoms with Crippen molar-refractivity contribution in [1.29, 1.82) is 0 Å². The van der Waals surface area contributed by atoms with E-state index in [9.17, 15) is 8.42 Å². The summed E-state index contributed by atoms with van der Waals surface area (Å²) in [5.41, 5.74) is 6.87. The lowest BCUT2D eigenvalue weighted by molar-refractivity contribution is 0.126. The summed E-state index contributed by atoms with van der Waals surface area (Å²) in [4.78, 5) is 7.95. The van der Waals surface area contributed by atoms with Gasteiger partial charge in [0.25, 0.3) is 0 Å². The van der Waals surface area contributed by atoms with Gasteiger partial charge in [-0.3, -0.25) is 0 Å². The van der Waals surface area contributed by atoms with Crippen LogP contribution in [0.5, 0.6) is 0 Å². The van der Waals surface area contributed by atoms with E-state index in [1.165, 1.54) is 30.2 Å². The van der Waals surface area contributed by atoms with Crippen LogP contribution in [0.15, 0.2) is 29.3 Å². The molecule has 0 aliphatic carbocycles. The van der Waals surface area contributed by atoms with Gasteiger partial charge in [0, 0.05) is 49.2 Å². The van der Waals surface area contributed by atoms with Crippen LogP contribution in [0.3, 0.4) is 0 Å². The molecule has 2 saturated heterocycles. The van der Waals surface area contributed by atoms with Crippen LogP contribution in [-0.4, -0.2) is 45.1 Å². The van der Waals surface area contributed by atoms with Crippen LogP contribution >= 0.6 is 11.3 Å². The molecule has 9 heteroatoms. The Bertz CT molecular complexity index is 996. The third-order valence-corrected chi connectivity index (χ3v) is 8.48. The zero-order valence-electron chi connectivity index (χ0n) is 17.2. The van der Waals surface area contributed by atoms with Crippen molar-refractivity contribution in [2.45, 2.75) is 44.0 Å². The van der Waals surface area contributed by atoms with Crippen LogP contribution in [0.4, 0.5) is 10.8 Å². The maximum absolute atomic E-state index is 13.0. The van der Waals surface area contributed by atoms with Crippen molar-refractivity contribution in [3.63, 3.8) is 0 Å². The van der Waals surface area contributed by atoms with Gasteiger partial charge >= 0.3 is 0 Å². The second-order valence-corrected chi connectivity index (χ2v) is 11.9. The quantitative estimate of drug-likeness (QED) is 0.639. The fourth-order valence-electron chi connectivity index (χ4n) is 3.96. The summed E-state index contributed by atoms with van der Waals surface area (Å²) in [6, 6.07) is 5.03. The Kier molecular flexibility index (Phi) is 5.13. The van der Waals surface area contributed by atoms with Crippen molar-refractivity contribution in [2.75, 3.05) is 36.8 Å². The lowest BCUT2D eigenvalue weighted by Gasteiger charge is -2.48. The Morgan fingerprint density at radius 1 is 1.24 bits per heavy atom. The first-order chi connectivity index (χ1) is 13.6. The van der Waals surface area contributed by atoms with Gasteiger partial charge in [-0.2, -0.15) is 0 Å². The predicted octanol–water partition coefficient (Wildman–Crippen LogP) is 2.66. The molecule has 0 unspecified atom stereocenters. The van der Waals surface area contributed by atoms with Crippen LogP contribution in [0.2, 0.25) is 0 Å². The van der Waals surface area contributed by atoms with E-state index in [4.69, 9.17) is 5.73 Å². The van der Waals surface area contributed by atoms with Gasteiger partial charge in [-0.15, -0.1) is 0 Å². The van der Waals surface area contributed by atoms with Crippen LogP contribution < -0.4 is 20.7 Å². The molecule has 0 amide bonds. The highest BCUT2D eigenvalue weighted by atomic mass is 32.2. The maximum Gasteiger partial charge on any atom is 0.241 e. The van der Waals surface area contributed by atoms with E-state index in [0.717, 1.165) is 36.2 Å². The number of sulfonamides is 1. The number of rotatable bonds is 4. The van der Waals surface area contributed by atoms with Gasteiger partial charge in [-0.1, -0.05) is 17.4 Å². The summed E-state index contributed by atoms with van der Waals surface area (Å²) in [5.74, 6) is 0. The smallest absolute Gasteiger partial charge is 0.241 e. The Hall–Kier alpha value is -1.68. The Balaban J connectivity index is 1.61. The predicted molar refractivity (Wildman–Crippen MR) is 119 cm³/mol. The van der Waals surface area contributed by atoms with Crippen molar-refractivity contribution in [3.8, 4) is 10.4 Å². The molecular formula is C20H29N5O2S2. The second kappa shape index (κ2) is 7.23. The number of hydrogen-bond acceptors (Lipinski definition) is 7. The number of benzene rings is 1. The SMILES string of the molecule is CC(C)(C)NS(=O)(=O)c1cc(N)ccc1-c1cnc(N2CCC3(CC2)CNC3)s1. The molecule has 0 bridgehead atoms. The van der Waals surface area contributed by atoms with Gasteiger partial charge < -0.3 is 16.0 Å². The van der Waals surface area contributed by atoms with Crippen molar-refractivity contribution in [2.24, 2.45) is 5.41 Å². The molecule has 4 N–H and O–H groups in total. The van der Waals surface area contributed by atoms with Gasteiger partial charge in [0.05, 0.1) is 9.77 Å². The van der Waals surface area contributed by atoms with Crippen molar-refractivity contribution in [3.05, 3.63) is 24.4 Å². The molecule has 0 atom stereocenters. The van der Waals surface area contributed by atoms with Crippen molar-refractivity contribution >= 4 is 32.2 Å². The fourth-order valence-corrected chi connectivity index (χ4v) is 6.71. The number of piperidine rings is 1. The fraction of sp³-hybridized carbons (Fsp3) is 0.550. The molecule has 1 spiro atoms. The number of anilines is 2. The molecule has 1 aromatic heterocycles.